The molecule has 0 unspecified atom stereocenters. The number of aryl methyl sites for hydroxylation is 1. The highest BCUT2D eigenvalue weighted by Gasteiger charge is 2.33. The fourth-order valence-electron chi connectivity index (χ4n) is 1.92. The Balaban J connectivity index is 2.82. The van der Waals surface area contributed by atoms with Gasteiger partial charge in [-0.3, -0.25) is 4.98 Å². The molecule has 3 nitrogen and oxygen atoms in total. The van der Waals surface area contributed by atoms with Crippen molar-refractivity contribution in [2.24, 2.45) is 0 Å². The number of aromatic carboxylic acids is 1. The van der Waals surface area contributed by atoms with Gasteiger partial charge in [0.2, 0.25) is 0 Å². The Hall–Kier alpha value is -2.11. The Morgan fingerprint density at radius 2 is 2.05 bits per heavy atom. The van der Waals surface area contributed by atoms with E-state index >= 15 is 0 Å². The van der Waals surface area contributed by atoms with Crippen molar-refractivity contribution < 1.29 is 23.1 Å². The maximum atomic E-state index is 12.9. The first-order valence-corrected chi connectivity index (χ1v) is 5.57. The van der Waals surface area contributed by atoms with Gasteiger partial charge in [-0.2, -0.15) is 13.2 Å². The summed E-state index contributed by atoms with van der Waals surface area (Å²) in [6.07, 6.45) is -4.26. The van der Waals surface area contributed by atoms with Gasteiger partial charge < -0.3 is 5.11 Å². The molecule has 0 fully saturated rings. The van der Waals surface area contributed by atoms with Crippen molar-refractivity contribution in [2.45, 2.75) is 19.5 Å². The number of carboxylic acid groups (broad SMARTS) is 1. The molecule has 0 radical (unpaired) electrons. The van der Waals surface area contributed by atoms with Gasteiger partial charge in [-0.25, -0.2) is 4.79 Å². The zero-order chi connectivity index (χ0) is 14.2. The molecule has 0 aliphatic heterocycles. The van der Waals surface area contributed by atoms with Crippen LogP contribution in [0.3, 0.4) is 0 Å². The van der Waals surface area contributed by atoms with Gasteiger partial charge in [-0.05, 0) is 18.6 Å². The Morgan fingerprint density at radius 1 is 1.37 bits per heavy atom. The molecule has 0 bridgehead atoms. The van der Waals surface area contributed by atoms with Gasteiger partial charge in [0.25, 0.3) is 0 Å². The van der Waals surface area contributed by atoms with E-state index in [1.807, 2.05) is 0 Å². The van der Waals surface area contributed by atoms with Crippen LogP contribution in [0.1, 0.15) is 28.5 Å². The molecule has 1 aromatic carbocycles. The lowest BCUT2D eigenvalue weighted by Gasteiger charge is -2.11. The fraction of sp³-hybridized carbons (Fsp3) is 0.231. The number of benzene rings is 1. The molecule has 6 heteroatoms. The summed E-state index contributed by atoms with van der Waals surface area (Å²) >= 11 is 0. The minimum atomic E-state index is -4.51. The van der Waals surface area contributed by atoms with Crippen LogP contribution in [0.15, 0.2) is 24.3 Å². The second-order valence-corrected chi connectivity index (χ2v) is 4.02. The number of alkyl halides is 3. The number of halogens is 3. The first kappa shape index (κ1) is 13.3. The number of para-hydroxylation sites is 1. The molecule has 2 aromatic rings. The number of fused-ring (bicyclic) bond motifs is 1. The topological polar surface area (TPSA) is 50.2 Å². The highest BCUT2D eigenvalue weighted by atomic mass is 19.4. The summed E-state index contributed by atoms with van der Waals surface area (Å²) in [5.41, 5.74) is -0.973. The van der Waals surface area contributed by atoms with Crippen molar-refractivity contribution in [1.82, 2.24) is 4.98 Å². The highest BCUT2D eigenvalue weighted by molar-refractivity contribution is 5.94. The zero-order valence-corrected chi connectivity index (χ0v) is 9.95. The quantitative estimate of drug-likeness (QED) is 0.907. The number of aromatic nitrogens is 1. The van der Waals surface area contributed by atoms with Crippen molar-refractivity contribution in [1.29, 1.82) is 0 Å². The third-order valence-electron chi connectivity index (χ3n) is 2.80. The average Bonchev–Trinajstić information content (AvgIpc) is 2.35. The van der Waals surface area contributed by atoms with E-state index in [-0.39, 0.29) is 28.6 Å². The van der Waals surface area contributed by atoms with Crippen molar-refractivity contribution in [3.8, 4) is 0 Å². The summed E-state index contributed by atoms with van der Waals surface area (Å²) < 4.78 is 38.6. The van der Waals surface area contributed by atoms with E-state index in [2.05, 4.69) is 4.98 Å². The SMILES string of the molecule is CCc1nc2c(C(F)(F)F)cccc2cc1C(=O)O. The number of nitrogens with zero attached hydrogens (tertiary/aromatic N) is 1. The van der Waals surface area contributed by atoms with Crippen molar-refractivity contribution in [3.63, 3.8) is 0 Å². The minimum Gasteiger partial charge on any atom is -0.478 e. The van der Waals surface area contributed by atoms with E-state index in [0.29, 0.717) is 0 Å². The van der Waals surface area contributed by atoms with E-state index < -0.39 is 17.7 Å². The maximum Gasteiger partial charge on any atom is 0.418 e. The predicted molar refractivity (Wildman–Crippen MR) is 63.1 cm³/mol. The number of hydrogen-bond acceptors (Lipinski definition) is 2. The van der Waals surface area contributed by atoms with Gasteiger partial charge >= 0.3 is 12.1 Å². The Kier molecular flexibility index (Phi) is 3.18. The number of rotatable bonds is 2. The minimum absolute atomic E-state index is 0.0608. The number of pyridine rings is 1. The Morgan fingerprint density at radius 3 is 2.58 bits per heavy atom. The lowest BCUT2D eigenvalue weighted by Crippen LogP contribution is -2.09. The molecule has 0 spiro atoms. The number of carboxylic acids is 1. The van der Waals surface area contributed by atoms with Gasteiger partial charge in [0.05, 0.1) is 22.3 Å². The maximum absolute atomic E-state index is 12.9. The zero-order valence-electron chi connectivity index (χ0n) is 9.95. The fourth-order valence-corrected chi connectivity index (χ4v) is 1.92. The third kappa shape index (κ3) is 2.38. The third-order valence-corrected chi connectivity index (χ3v) is 2.80. The van der Waals surface area contributed by atoms with Crippen molar-refractivity contribution in [3.05, 3.63) is 41.1 Å². The van der Waals surface area contributed by atoms with Crippen LogP contribution in [0.25, 0.3) is 10.9 Å². The monoisotopic (exact) mass is 269 g/mol. The standard InChI is InChI=1S/C13H10F3NO2/c1-2-10-8(12(18)19)6-7-4-3-5-9(11(7)17-10)13(14,15)16/h3-6H,2H2,1H3,(H,18,19). The molecule has 0 amide bonds. The molecule has 0 saturated carbocycles. The number of carbonyl (C=O) groups is 1. The van der Waals surface area contributed by atoms with Crippen molar-refractivity contribution in [2.75, 3.05) is 0 Å². The summed E-state index contributed by atoms with van der Waals surface area (Å²) in [6.45, 7) is 1.65. The lowest BCUT2D eigenvalue weighted by atomic mass is 10.0. The molecule has 1 N–H and O–H groups in total. The van der Waals surface area contributed by atoms with Crippen LogP contribution in [0.2, 0.25) is 0 Å². The summed E-state index contributed by atoms with van der Waals surface area (Å²) in [5.74, 6) is -1.19. The van der Waals surface area contributed by atoms with E-state index in [1.54, 1.807) is 6.92 Å². The normalized spacial score (nSPS) is 11.8. The second-order valence-electron chi connectivity index (χ2n) is 4.02. The summed E-state index contributed by atoms with van der Waals surface area (Å²) in [5, 5.41) is 9.19. The van der Waals surface area contributed by atoms with Crippen LogP contribution in [0.5, 0.6) is 0 Å². The smallest absolute Gasteiger partial charge is 0.418 e. The molecular weight excluding hydrogens is 259 g/mol. The van der Waals surface area contributed by atoms with Crippen LogP contribution in [-0.2, 0) is 12.6 Å². The van der Waals surface area contributed by atoms with Gasteiger partial charge in [0, 0.05) is 5.39 Å². The van der Waals surface area contributed by atoms with Crippen LogP contribution >= 0.6 is 0 Å². The summed E-state index contributed by atoms with van der Waals surface area (Å²) in [4.78, 5) is 14.9. The molecule has 0 aliphatic carbocycles. The van der Waals surface area contributed by atoms with Crippen LogP contribution < -0.4 is 0 Å². The molecule has 0 aliphatic rings. The molecule has 2 rings (SSSR count). The van der Waals surface area contributed by atoms with Gasteiger partial charge in [-0.1, -0.05) is 19.1 Å². The predicted octanol–water partition coefficient (Wildman–Crippen LogP) is 3.51. The van der Waals surface area contributed by atoms with E-state index in [4.69, 9.17) is 5.11 Å². The molecule has 1 aromatic heterocycles. The highest BCUT2D eigenvalue weighted by Crippen LogP contribution is 2.34. The first-order chi connectivity index (χ1) is 8.84. The summed E-state index contributed by atoms with van der Waals surface area (Å²) in [7, 11) is 0. The van der Waals surface area contributed by atoms with Crippen LogP contribution in [-0.4, -0.2) is 16.1 Å². The number of hydrogen-bond donors (Lipinski definition) is 1. The molecule has 1 heterocycles. The first-order valence-electron chi connectivity index (χ1n) is 5.57. The molecular formula is C13H10F3NO2. The second kappa shape index (κ2) is 4.53. The van der Waals surface area contributed by atoms with E-state index in [0.717, 1.165) is 6.07 Å². The molecule has 0 atom stereocenters. The molecule has 100 valence electrons. The van der Waals surface area contributed by atoms with Crippen LogP contribution in [0, 0.1) is 0 Å². The summed E-state index contributed by atoms with van der Waals surface area (Å²) in [6, 6.07) is 4.83. The van der Waals surface area contributed by atoms with Crippen molar-refractivity contribution >= 4 is 16.9 Å². The molecule has 0 saturated heterocycles. The lowest BCUT2D eigenvalue weighted by molar-refractivity contribution is -0.136. The Labute approximate surface area is 106 Å². The van der Waals surface area contributed by atoms with Crippen LogP contribution in [0.4, 0.5) is 13.2 Å². The van der Waals surface area contributed by atoms with E-state index in [1.165, 1.54) is 18.2 Å². The molecule has 19 heavy (non-hydrogen) atoms. The van der Waals surface area contributed by atoms with E-state index in [9.17, 15) is 18.0 Å². The van der Waals surface area contributed by atoms with Gasteiger partial charge in [0.15, 0.2) is 0 Å². The van der Waals surface area contributed by atoms with Gasteiger partial charge in [-0.15, -0.1) is 0 Å². The van der Waals surface area contributed by atoms with Gasteiger partial charge in [0.1, 0.15) is 0 Å². The largest absolute Gasteiger partial charge is 0.478 e. The average molecular weight is 269 g/mol. The Bertz CT molecular complexity index is 650.